The van der Waals surface area contributed by atoms with Crippen molar-refractivity contribution >= 4 is 18.1 Å². The largest absolute Gasteiger partial charge is 0.357 e. The predicted molar refractivity (Wildman–Crippen MR) is 97.6 cm³/mol. The zero-order chi connectivity index (χ0) is 17.3. The molecule has 136 valence electrons. The number of unbranched alkanes of at least 4 members (excludes halogenated alkanes) is 3. The molecule has 0 spiro atoms. The summed E-state index contributed by atoms with van der Waals surface area (Å²) in [6.07, 6.45) is 7.68. The highest BCUT2D eigenvalue weighted by molar-refractivity contribution is 5.92. The van der Waals surface area contributed by atoms with Crippen molar-refractivity contribution in [3.8, 4) is 0 Å². The van der Waals surface area contributed by atoms with Gasteiger partial charge in [0.05, 0.1) is 6.54 Å². The van der Waals surface area contributed by atoms with Crippen LogP contribution in [-0.4, -0.2) is 36.2 Å². The lowest BCUT2D eigenvalue weighted by molar-refractivity contribution is -0.122. The van der Waals surface area contributed by atoms with Crippen LogP contribution in [-0.2, 0) is 9.59 Å². The van der Waals surface area contributed by atoms with E-state index in [1.165, 1.54) is 6.42 Å². The molecular formula is C17H35N3O3. The quantitative estimate of drug-likeness (QED) is 0.455. The van der Waals surface area contributed by atoms with E-state index in [0.29, 0.717) is 24.9 Å². The molecule has 0 atom stereocenters. The fourth-order valence-electron chi connectivity index (χ4n) is 1.78. The molecule has 1 aromatic rings. The SMILES string of the molecule is CCC.O=CCNC(=O)CCCCCCNC(=O)c1ccc[nH]1.[HH].[HH].[HH]. The van der Waals surface area contributed by atoms with Gasteiger partial charge in [0.1, 0.15) is 12.0 Å². The van der Waals surface area contributed by atoms with Gasteiger partial charge in [0.2, 0.25) is 5.91 Å². The number of aldehydes is 1. The molecule has 0 radical (unpaired) electrons. The van der Waals surface area contributed by atoms with Crippen LogP contribution in [0.5, 0.6) is 0 Å². The Hall–Kier alpha value is -2.11. The van der Waals surface area contributed by atoms with Gasteiger partial charge in [-0.3, -0.25) is 9.59 Å². The van der Waals surface area contributed by atoms with Crippen molar-refractivity contribution < 1.29 is 18.7 Å². The fraction of sp³-hybridized carbons (Fsp3) is 0.588. The number of amides is 2. The van der Waals surface area contributed by atoms with Gasteiger partial charge >= 0.3 is 0 Å². The van der Waals surface area contributed by atoms with E-state index in [-0.39, 0.29) is 22.6 Å². The van der Waals surface area contributed by atoms with Crippen molar-refractivity contribution in [1.29, 1.82) is 0 Å². The summed E-state index contributed by atoms with van der Waals surface area (Å²) in [6.45, 7) is 4.97. The summed E-state index contributed by atoms with van der Waals surface area (Å²) in [5, 5.41) is 5.32. The van der Waals surface area contributed by atoms with E-state index in [0.717, 1.165) is 25.7 Å². The minimum atomic E-state index is -0.0942. The Balaban J connectivity index is -0.000000376. The Morgan fingerprint density at radius 1 is 1.17 bits per heavy atom. The maximum absolute atomic E-state index is 11.6. The Morgan fingerprint density at radius 3 is 2.48 bits per heavy atom. The first-order valence-corrected chi connectivity index (χ1v) is 8.27. The highest BCUT2D eigenvalue weighted by atomic mass is 16.2. The lowest BCUT2D eigenvalue weighted by atomic mass is 10.1. The molecule has 23 heavy (non-hydrogen) atoms. The Bertz CT molecular complexity index is 444. The normalized spacial score (nSPS) is 9.48. The number of H-pyrrole nitrogens is 1. The van der Waals surface area contributed by atoms with Crippen LogP contribution in [0.1, 0.15) is 67.1 Å². The number of carbonyl (C=O) groups is 3. The molecule has 1 rings (SSSR count). The average Bonchev–Trinajstić information content (AvgIpc) is 3.07. The molecule has 0 unspecified atom stereocenters. The highest BCUT2D eigenvalue weighted by Crippen LogP contribution is 2.02. The number of carbonyl (C=O) groups excluding carboxylic acids is 3. The maximum Gasteiger partial charge on any atom is 0.267 e. The van der Waals surface area contributed by atoms with Crippen molar-refractivity contribution in [1.82, 2.24) is 15.6 Å². The third kappa shape index (κ3) is 12.1. The molecular weight excluding hydrogens is 294 g/mol. The maximum atomic E-state index is 11.6. The summed E-state index contributed by atoms with van der Waals surface area (Å²) in [5.74, 6) is -0.180. The number of rotatable bonds is 10. The first-order valence-electron chi connectivity index (χ1n) is 8.27. The molecule has 2 amide bonds. The minimum absolute atomic E-state index is 0. The van der Waals surface area contributed by atoms with Crippen molar-refractivity contribution in [3.63, 3.8) is 0 Å². The van der Waals surface area contributed by atoms with Crippen LogP contribution < -0.4 is 10.6 Å². The monoisotopic (exact) mass is 329 g/mol. The molecule has 6 heteroatoms. The van der Waals surface area contributed by atoms with Gasteiger partial charge in [-0.15, -0.1) is 0 Å². The fourth-order valence-corrected chi connectivity index (χ4v) is 1.78. The summed E-state index contributed by atoms with van der Waals surface area (Å²) < 4.78 is 0. The van der Waals surface area contributed by atoms with Gasteiger partial charge < -0.3 is 20.4 Å². The molecule has 0 aliphatic carbocycles. The standard InChI is InChI=1S/C14H21N3O3.C3H8.3H2/c18-11-10-16-13(19)7-3-1-2-4-8-17-14(20)12-6-5-9-15-12;1-3-2;;;/h5-6,9,11,15H,1-4,7-8,10H2,(H,16,19)(H,17,20);3H2,1-2H3;3*1H. The Labute approximate surface area is 142 Å². The van der Waals surface area contributed by atoms with Gasteiger partial charge in [-0.05, 0) is 25.0 Å². The lowest BCUT2D eigenvalue weighted by Gasteiger charge is -2.04. The van der Waals surface area contributed by atoms with Crippen LogP contribution >= 0.6 is 0 Å². The molecule has 0 aliphatic heterocycles. The third-order valence-corrected chi connectivity index (χ3v) is 2.84. The van der Waals surface area contributed by atoms with Crippen LogP contribution in [0.4, 0.5) is 0 Å². The third-order valence-electron chi connectivity index (χ3n) is 2.84. The number of nitrogens with one attached hydrogen (secondary N) is 3. The summed E-state index contributed by atoms with van der Waals surface area (Å²) in [7, 11) is 0. The van der Waals surface area contributed by atoms with Gasteiger partial charge in [0.25, 0.3) is 5.91 Å². The molecule has 6 nitrogen and oxygen atoms in total. The van der Waals surface area contributed by atoms with Crippen LogP contribution in [0, 0.1) is 0 Å². The molecule has 0 aliphatic rings. The van der Waals surface area contributed by atoms with Gasteiger partial charge in [0, 0.05) is 23.4 Å². The van der Waals surface area contributed by atoms with Crippen LogP contribution in [0.25, 0.3) is 0 Å². The minimum Gasteiger partial charge on any atom is -0.357 e. The highest BCUT2D eigenvalue weighted by Gasteiger charge is 2.04. The molecule has 1 aromatic heterocycles. The van der Waals surface area contributed by atoms with E-state index < -0.39 is 0 Å². The van der Waals surface area contributed by atoms with Crippen LogP contribution in [0.3, 0.4) is 0 Å². The summed E-state index contributed by atoms with van der Waals surface area (Å²) in [6, 6.07) is 3.51. The van der Waals surface area contributed by atoms with Crippen LogP contribution in [0.2, 0.25) is 0 Å². The molecule has 0 saturated carbocycles. The second-order valence-corrected chi connectivity index (χ2v) is 5.18. The number of hydrogen-bond acceptors (Lipinski definition) is 3. The lowest BCUT2D eigenvalue weighted by Crippen LogP contribution is -2.25. The topological polar surface area (TPSA) is 91.1 Å². The molecule has 0 aromatic carbocycles. The average molecular weight is 329 g/mol. The Kier molecular flexibility index (Phi) is 13.5. The molecule has 3 N–H and O–H groups in total. The van der Waals surface area contributed by atoms with E-state index in [4.69, 9.17) is 0 Å². The van der Waals surface area contributed by atoms with Crippen molar-refractivity contribution in [2.45, 2.75) is 52.4 Å². The van der Waals surface area contributed by atoms with E-state index in [1.54, 1.807) is 18.3 Å². The summed E-state index contributed by atoms with van der Waals surface area (Å²) in [4.78, 5) is 35.6. The molecule has 0 bridgehead atoms. The number of aromatic nitrogens is 1. The zero-order valence-electron chi connectivity index (χ0n) is 14.2. The zero-order valence-corrected chi connectivity index (χ0v) is 14.2. The number of aromatic amines is 1. The van der Waals surface area contributed by atoms with E-state index in [1.807, 2.05) is 0 Å². The second-order valence-electron chi connectivity index (χ2n) is 5.18. The van der Waals surface area contributed by atoms with Gasteiger partial charge in [-0.2, -0.15) is 0 Å². The van der Waals surface area contributed by atoms with Gasteiger partial charge in [0.15, 0.2) is 0 Å². The van der Waals surface area contributed by atoms with E-state index >= 15 is 0 Å². The first kappa shape index (κ1) is 20.9. The van der Waals surface area contributed by atoms with Crippen LogP contribution in [0.15, 0.2) is 18.3 Å². The van der Waals surface area contributed by atoms with Gasteiger partial charge in [-0.1, -0.05) is 33.1 Å². The number of hydrogen-bond donors (Lipinski definition) is 3. The van der Waals surface area contributed by atoms with E-state index in [9.17, 15) is 14.4 Å². The van der Waals surface area contributed by atoms with E-state index in [2.05, 4.69) is 29.5 Å². The van der Waals surface area contributed by atoms with Crippen molar-refractivity contribution in [2.24, 2.45) is 0 Å². The molecule has 1 heterocycles. The van der Waals surface area contributed by atoms with Crippen molar-refractivity contribution in [3.05, 3.63) is 24.0 Å². The van der Waals surface area contributed by atoms with Crippen molar-refractivity contribution in [2.75, 3.05) is 13.1 Å². The van der Waals surface area contributed by atoms with Gasteiger partial charge in [-0.25, -0.2) is 0 Å². The molecule has 0 saturated heterocycles. The molecule has 0 fully saturated rings. The summed E-state index contributed by atoms with van der Waals surface area (Å²) >= 11 is 0. The smallest absolute Gasteiger partial charge is 0.267 e. The first-order chi connectivity index (χ1) is 11.2. The predicted octanol–water partition coefficient (Wildman–Crippen LogP) is 3.16. The summed E-state index contributed by atoms with van der Waals surface area (Å²) in [5.41, 5.74) is 0.567. The Morgan fingerprint density at radius 2 is 1.87 bits per heavy atom. The second kappa shape index (κ2) is 14.8.